The molecule has 1 saturated carbocycles. The van der Waals surface area contributed by atoms with Crippen molar-refractivity contribution in [1.29, 1.82) is 0 Å². The largest absolute Gasteiger partial charge is 0.367 e. The van der Waals surface area contributed by atoms with E-state index in [4.69, 9.17) is 0 Å². The highest BCUT2D eigenvalue weighted by Gasteiger charge is 2.56. The van der Waals surface area contributed by atoms with Gasteiger partial charge in [-0.25, -0.2) is 8.78 Å². The Labute approximate surface area is 97.8 Å². The first-order valence-electron chi connectivity index (χ1n) is 5.89. The zero-order valence-corrected chi connectivity index (χ0v) is 9.33. The molecule has 1 aromatic heterocycles. The van der Waals surface area contributed by atoms with E-state index in [-0.39, 0.29) is 19.0 Å². The lowest BCUT2D eigenvalue weighted by molar-refractivity contribution is -0.110. The van der Waals surface area contributed by atoms with E-state index in [1.165, 1.54) is 0 Å². The minimum Gasteiger partial charge on any atom is -0.367 e. The summed E-state index contributed by atoms with van der Waals surface area (Å²) in [5.74, 6) is -4.01. The van der Waals surface area contributed by atoms with E-state index in [0.29, 0.717) is 18.4 Å². The van der Waals surface area contributed by atoms with Crippen molar-refractivity contribution in [3.63, 3.8) is 0 Å². The summed E-state index contributed by atoms with van der Waals surface area (Å²) >= 11 is 0. The maximum atomic E-state index is 13.7. The van der Waals surface area contributed by atoms with Gasteiger partial charge >= 0.3 is 0 Å². The third-order valence-electron chi connectivity index (χ3n) is 3.97. The third-order valence-corrected chi connectivity index (χ3v) is 3.97. The zero-order valence-electron chi connectivity index (χ0n) is 9.33. The molecule has 17 heavy (non-hydrogen) atoms. The molecule has 2 fully saturated rings. The monoisotopic (exact) mass is 240 g/mol. The lowest BCUT2D eigenvalue weighted by Gasteiger charge is -2.37. The fourth-order valence-corrected chi connectivity index (χ4v) is 2.96. The SMILES string of the molecule is O=C(c1cc[nH]c1)N1CC2CCC(C1)C2(F)F. The van der Waals surface area contributed by atoms with Gasteiger partial charge in [0.25, 0.3) is 11.8 Å². The second-order valence-corrected chi connectivity index (χ2v) is 4.96. The molecule has 2 heterocycles. The Hall–Kier alpha value is -1.39. The van der Waals surface area contributed by atoms with E-state index >= 15 is 0 Å². The molecule has 1 saturated heterocycles. The van der Waals surface area contributed by atoms with Crippen molar-refractivity contribution in [2.75, 3.05) is 13.1 Å². The number of H-pyrrole nitrogens is 1. The number of aromatic amines is 1. The van der Waals surface area contributed by atoms with Gasteiger partial charge in [-0.3, -0.25) is 4.79 Å². The molecule has 0 aromatic carbocycles. The van der Waals surface area contributed by atoms with Crippen molar-refractivity contribution in [2.45, 2.75) is 18.8 Å². The topological polar surface area (TPSA) is 36.1 Å². The number of hydrogen-bond donors (Lipinski definition) is 1. The highest BCUT2D eigenvalue weighted by atomic mass is 19.3. The van der Waals surface area contributed by atoms with Crippen LogP contribution >= 0.6 is 0 Å². The van der Waals surface area contributed by atoms with Crippen LogP contribution in [0, 0.1) is 11.8 Å². The highest BCUT2D eigenvalue weighted by Crippen LogP contribution is 2.48. The van der Waals surface area contributed by atoms with E-state index in [1.807, 2.05) is 0 Å². The number of halogens is 2. The van der Waals surface area contributed by atoms with Crippen molar-refractivity contribution in [1.82, 2.24) is 9.88 Å². The standard InChI is InChI=1S/C12H14F2N2O/c13-12(14)9-1-2-10(12)7-16(6-9)11(17)8-3-4-15-5-8/h3-5,9-10,15H,1-2,6-7H2. The molecule has 2 unspecified atom stereocenters. The molecule has 1 aliphatic carbocycles. The molecule has 5 heteroatoms. The van der Waals surface area contributed by atoms with E-state index in [2.05, 4.69) is 4.98 Å². The fourth-order valence-electron chi connectivity index (χ4n) is 2.96. The van der Waals surface area contributed by atoms with Crippen LogP contribution < -0.4 is 0 Å². The maximum Gasteiger partial charge on any atom is 0.257 e. The Morgan fingerprint density at radius 1 is 1.35 bits per heavy atom. The summed E-state index contributed by atoms with van der Waals surface area (Å²) in [5.41, 5.74) is 0.551. The van der Waals surface area contributed by atoms with Gasteiger partial charge in [0.1, 0.15) is 0 Å². The minimum atomic E-state index is -2.57. The summed E-state index contributed by atoms with van der Waals surface area (Å²) in [5, 5.41) is 0. The molecule has 1 aliphatic heterocycles. The number of amides is 1. The van der Waals surface area contributed by atoms with Gasteiger partial charge in [0.2, 0.25) is 0 Å². The number of nitrogens with one attached hydrogen (secondary N) is 1. The predicted octanol–water partition coefficient (Wildman–Crippen LogP) is 2.13. The predicted molar refractivity (Wildman–Crippen MR) is 57.9 cm³/mol. The smallest absolute Gasteiger partial charge is 0.257 e. The van der Waals surface area contributed by atoms with Crippen LogP contribution in [0.25, 0.3) is 0 Å². The summed E-state index contributed by atoms with van der Waals surface area (Å²) < 4.78 is 27.4. The number of aromatic nitrogens is 1. The van der Waals surface area contributed by atoms with Gasteiger partial charge in [0, 0.05) is 37.3 Å². The van der Waals surface area contributed by atoms with Gasteiger partial charge < -0.3 is 9.88 Å². The molecule has 1 amide bonds. The molecule has 1 N–H and O–H groups in total. The molecule has 2 bridgehead atoms. The Balaban J connectivity index is 1.79. The number of fused-ring (bicyclic) bond motifs is 2. The second kappa shape index (κ2) is 3.55. The first-order chi connectivity index (χ1) is 8.09. The van der Waals surface area contributed by atoms with Crippen LogP contribution in [0.15, 0.2) is 18.5 Å². The van der Waals surface area contributed by atoms with Crippen LogP contribution in [0.2, 0.25) is 0 Å². The van der Waals surface area contributed by atoms with Crippen molar-refractivity contribution in [2.24, 2.45) is 11.8 Å². The number of carbonyl (C=O) groups is 1. The quantitative estimate of drug-likeness (QED) is 0.802. The number of carbonyl (C=O) groups excluding carboxylic acids is 1. The van der Waals surface area contributed by atoms with Gasteiger partial charge in [-0.15, -0.1) is 0 Å². The van der Waals surface area contributed by atoms with E-state index in [9.17, 15) is 13.6 Å². The molecule has 3 rings (SSSR count). The Morgan fingerprint density at radius 3 is 2.53 bits per heavy atom. The summed E-state index contributed by atoms with van der Waals surface area (Å²) in [4.78, 5) is 16.4. The number of piperidine rings is 1. The molecule has 2 aliphatic rings. The molecule has 92 valence electrons. The average Bonchev–Trinajstić information content (AvgIpc) is 2.82. The number of alkyl halides is 2. The van der Waals surface area contributed by atoms with Crippen LogP contribution in [0.1, 0.15) is 23.2 Å². The van der Waals surface area contributed by atoms with Gasteiger partial charge in [0.15, 0.2) is 0 Å². The molecular weight excluding hydrogens is 226 g/mol. The van der Waals surface area contributed by atoms with E-state index in [1.54, 1.807) is 23.4 Å². The Bertz CT molecular complexity index is 414. The van der Waals surface area contributed by atoms with Crippen LogP contribution in [-0.2, 0) is 0 Å². The third kappa shape index (κ3) is 1.56. The summed E-state index contributed by atoms with van der Waals surface area (Å²) in [6.45, 7) is 0.376. The van der Waals surface area contributed by atoms with Crippen molar-refractivity contribution >= 4 is 5.91 Å². The van der Waals surface area contributed by atoms with E-state index < -0.39 is 17.8 Å². The molecule has 0 radical (unpaired) electrons. The normalized spacial score (nSPS) is 30.6. The van der Waals surface area contributed by atoms with Crippen molar-refractivity contribution in [3.8, 4) is 0 Å². The molecule has 1 aromatic rings. The van der Waals surface area contributed by atoms with Crippen molar-refractivity contribution in [3.05, 3.63) is 24.0 Å². The number of rotatable bonds is 1. The maximum absolute atomic E-state index is 13.7. The minimum absolute atomic E-state index is 0.140. The summed E-state index contributed by atoms with van der Waals surface area (Å²) in [6, 6.07) is 1.68. The van der Waals surface area contributed by atoms with Crippen molar-refractivity contribution < 1.29 is 13.6 Å². The lowest BCUT2D eigenvalue weighted by Crippen LogP contribution is -2.50. The number of likely N-dealkylation sites (tertiary alicyclic amines) is 1. The molecule has 3 nitrogen and oxygen atoms in total. The average molecular weight is 240 g/mol. The first-order valence-corrected chi connectivity index (χ1v) is 5.89. The number of hydrogen-bond acceptors (Lipinski definition) is 1. The molecule has 2 atom stereocenters. The second-order valence-electron chi connectivity index (χ2n) is 4.96. The summed E-state index contributed by atoms with van der Waals surface area (Å²) in [6.07, 6.45) is 4.35. The van der Waals surface area contributed by atoms with E-state index in [0.717, 1.165) is 0 Å². The Kier molecular flexibility index (Phi) is 2.24. The van der Waals surface area contributed by atoms with Gasteiger partial charge in [-0.05, 0) is 18.9 Å². The first kappa shape index (κ1) is 10.7. The van der Waals surface area contributed by atoms with Crippen LogP contribution in [0.5, 0.6) is 0 Å². The molecular formula is C12H14F2N2O. The van der Waals surface area contributed by atoms with Crippen LogP contribution in [-0.4, -0.2) is 34.8 Å². The lowest BCUT2D eigenvalue weighted by atomic mass is 9.93. The highest BCUT2D eigenvalue weighted by molar-refractivity contribution is 5.94. The van der Waals surface area contributed by atoms with Gasteiger partial charge in [-0.1, -0.05) is 0 Å². The fraction of sp³-hybridized carbons (Fsp3) is 0.583. The Morgan fingerprint density at radius 2 is 2.00 bits per heavy atom. The van der Waals surface area contributed by atoms with Gasteiger partial charge in [-0.2, -0.15) is 0 Å². The summed E-state index contributed by atoms with van der Waals surface area (Å²) in [7, 11) is 0. The van der Waals surface area contributed by atoms with Crippen LogP contribution in [0.3, 0.4) is 0 Å². The molecule has 0 spiro atoms. The van der Waals surface area contributed by atoms with Gasteiger partial charge in [0.05, 0.1) is 5.56 Å². The zero-order chi connectivity index (χ0) is 12.0. The van der Waals surface area contributed by atoms with Crippen LogP contribution in [0.4, 0.5) is 8.78 Å². The number of nitrogens with zero attached hydrogens (tertiary/aromatic N) is 1.